The number of benzene rings is 1. The molecule has 2 N–H and O–H groups in total. The molecule has 0 fully saturated rings. The summed E-state index contributed by atoms with van der Waals surface area (Å²) < 4.78 is 0. The summed E-state index contributed by atoms with van der Waals surface area (Å²) in [6.07, 6.45) is 3.48. The lowest BCUT2D eigenvalue weighted by Gasteiger charge is -2.07. The van der Waals surface area contributed by atoms with E-state index < -0.39 is 0 Å². The van der Waals surface area contributed by atoms with Gasteiger partial charge in [-0.15, -0.1) is 0 Å². The zero-order chi connectivity index (χ0) is 11.3. The minimum absolute atomic E-state index is 0.239. The van der Waals surface area contributed by atoms with E-state index in [1.165, 1.54) is 0 Å². The lowest BCUT2D eigenvalue weighted by atomic mass is 10.1. The van der Waals surface area contributed by atoms with Crippen LogP contribution in [0.4, 0.5) is 10.5 Å². The summed E-state index contributed by atoms with van der Waals surface area (Å²) >= 11 is 0. The van der Waals surface area contributed by atoms with Gasteiger partial charge in [0.2, 0.25) is 0 Å². The second-order valence-electron chi connectivity index (χ2n) is 2.96. The number of anilines is 1. The molecule has 15 heavy (non-hydrogen) atoms. The fourth-order valence-electron chi connectivity index (χ4n) is 1.21. The number of hydrogen-bond donors (Lipinski definition) is 2. The van der Waals surface area contributed by atoms with Crippen molar-refractivity contribution in [2.45, 2.75) is 0 Å². The maximum atomic E-state index is 11.1. The third kappa shape index (κ3) is 2.71. The van der Waals surface area contributed by atoms with E-state index in [9.17, 15) is 4.79 Å². The van der Waals surface area contributed by atoms with Crippen LogP contribution < -0.4 is 10.6 Å². The van der Waals surface area contributed by atoms with Crippen LogP contribution >= 0.6 is 0 Å². The van der Waals surface area contributed by atoms with E-state index >= 15 is 0 Å². The molecule has 0 spiro atoms. The molecular weight excluding hydrogens is 188 g/mol. The van der Waals surface area contributed by atoms with Crippen molar-refractivity contribution in [3.63, 3.8) is 0 Å². The molecule has 1 rings (SSSR count). The molecule has 0 radical (unpaired) electrons. The van der Waals surface area contributed by atoms with E-state index in [2.05, 4.69) is 23.8 Å². The molecule has 78 valence electrons. The Balaban J connectivity index is 2.97. The van der Waals surface area contributed by atoms with Gasteiger partial charge < -0.3 is 10.6 Å². The Morgan fingerprint density at radius 3 is 2.47 bits per heavy atom. The van der Waals surface area contributed by atoms with Gasteiger partial charge in [0.1, 0.15) is 0 Å². The summed E-state index contributed by atoms with van der Waals surface area (Å²) in [6.45, 7) is 7.40. The number of carbonyl (C=O) groups excluding carboxylic acids is 1. The average Bonchev–Trinajstić information content (AvgIpc) is 2.28. The summed E-state index contributed by atoms with van der Waals surface area (Å²) in [6, 6.07) is 5.31. The molecule has 3 heteroatoms. The molecule has 0 atom stereocenters. The lowest BCUT2D eigenvalue weighted by molar-refractivity contribution is 0.254. The van der Waals surface area contributed by atoms with Crippen molar-refractivity contribution in [1.29, 1.82) is 0 Å². The lowest BCUT2D eigenvalue weighted by Crippen LogP contribution is -2.24. The molecule has 0 heterocycles. The normalized spacial score (nSPS) is 9.13. The molecule has 0 saturated carbocycles. The molecular formula is C12H14N2O. The van der Waals surface area contributed by atoms with Crippen LogP contribution in [0.2, 0.25) is 0 Å². The van der Waals surface area contributed by atoms with E-state index in [0.29, 0.717) is 0 Å². The van der Waals surface area contributed by atoms with Gasteiger partial charge in [-0.1, -0.05) is 31.4 Å². The van der Waals surface area contributed by atoms with Gasteiger partial charge >= 0.3 is 6.03 Å². The molecule has 0 aliphatic rings. The molecule has 2 amide bonds. The number of amides is 2. The van der Waals surface area contributed by atoms with Gasteiger partial charge in [-0.2, -0.15) is 0 Å². The van der Waals surface area contributed by atoms with Gasteiger partial charge in [-0.3, -0.25) is 0 Å². The van der Waals surface area contributed by atoms with Crippen molar-refractivity contribution in [2.24, 2.45) is 0 Å². The zero-order valence-corrected chi connectivity index (χ0v) is 8.71. The van der Waals surface area contributed by atoms with Gasteiger partial charge in [0, 0.05) is 12.7 Å². The smallest absolute Gasteiger partial charge is 0.318 e. The summed E-state index contributed by atoms with van der Waals surface area (Å²) in [5.41, 5.74) is 2.67. The largest absolute Gasteiger partial charge is 0.341 e. The second kappa shape index (κ2) is 5.00. The zero-order valence-electron chi connectivity index (χ0n) is 8.71. The molecule has 3 nitrogen and oxygen atoms in total. The van der Waals surface area contributed by atoms with Crippen molar-refractivity contribution in [1.82, 2.24) is 5.32 Å². The molecule has 0 aromatic heterocycles. The van der Waals surface area contributed by atoms with Gasteiger partial charge in [0.25, 0.3) is 0 Å². The first kappa shape index (κ1) is 11.0. The van der Waals surface area contributed by atoms with Crippen LogP contribution in [0.15, 0.2) is 31.4 Å². The quantitative estimate of drug-likeness (QED) is 0.777. The molecule has 0 unspecified atom stereocenters. The predicted molar refractivity (Wildman–Crippen MR) is 64.7 cm³/mol. The molecule has 1 aromatic carbocycles. The van der Waals surface area contributed by atoms with Crippen molar-refractivity contribution < 1.29 is 4.79 Å². The fraction of sp³-hybridized carbons (Fsp3) is 0.0833. The van der Waals surface area contributed by atoms with Crippen LogP contribution in [0.5, 0.6) is 0 Å². The summed E-state index contributed by atoms with van der Waals surface area (Å²) in [5, 5.41) is 5.17. The van der Waals surface area contributed by atoms with Crippen LogP contribution in [0.3, 0.4) is 0 Å². The predicted octanol–water partition coefficient (Wildman–Crippen LogP) is 2.72. The van der Waals surface area contributed by atoms with Gasteiger partial charge in [0.15, 0.2) is 0 Å². The number of nitrogens with one attached hydrogen (secondary N) is 2. The van der Waals surface area contributed by atoms with Crippen LogP contribution in [-0.4, -0.2) is 13.1 Å². The van der Waals surface area contributed by atoms with E-state index in [1.54, 1.807) is 19.2 Å². The third-order valence-electron chi connectivity index (χ3n) is 2.01. The van der Waals surface area contributed by atoms with E-state index in [1.807, 2.05) is 18.2 Å². The first-order valence-electron chi connectivity index (χ1n) is 4.59. The van der Waals surface area contributed by atoms with Crippen molar-refractivity contribution >= 4 is 23.9 Å². The Bertz CT molecular complexity index is 397. The molecule has 0 aliphatic heterocycles. The first-order valence-corrected chi connectivity index (χ1v) is 4.59. The SMILES string of the molecule is C=Cc1ccc(NC(=O)NC)cc1C=C. The Morgan fingerprint density at radius 2 is 1.93 bits per heavy atom. The van der Waals surface area contributed by atoms with Gasteiger partial charge in [-0.25, -0.2) is 4.79 Å². The summed E-state index contributed by atoms with van der Waals surface area (Å²) in [5.74, 6) is 0. The van der Waals surface area contributed by atoms with E-state index in [4.69, 9.17) is 0 Å². The molecule has 0 saturated heterocycles. The number of urea groups is 1. The Hall–Kier alpha value is -2.03. The van der Waals surface area contributed by atoms with Crippen LogP contribution in [0.1, 0.15) is 11.1 Å². The Kier molecular flexibility index (Phi) is 3.68. The Morgan fingerprint density at radius 1 is 1.27 bits per heavy atom. The van der Waals surface area contributed by atoms with Crippen molar-refractivity contribution in [3.05, 3.63) is 42.5 Å². The highest BCUT2D eigenvalue weighted by Gasteiger charge is 2.01. The molecule has 0 aliphatic carbocycles. The summed E-state index contributed by atoms with van der Waals surface area (Å²) in [4.78, 5) is 11.1. The highest BCUT2D eigenvalue weighted by atomic mass is 16.2. The fourth-order valence-corrected chi connectivity index (χ4v) is 1.21. The standard InChI is InChI=1S/C12H14N2O/c1-4-9-6-7-11(8-10(9)5-2)14-12(15)13-3/h4-8H,1-2H2,3H3,(H2,13,14,15). The Labute approximate surface area is 89.5 Å². The maximum Gasteiger partial charge on any atom is 0.318 e. The topological polar surface area (TPSA) is 41.1 Å². The van der Waals surface area contributed by atoms with Crippen molar-refractivity contribution in [3.8, 4) is 0 Å². The van der Waals surface area contributed by atoms with Gasteiger partial charge in [-0.05, 0) is 23.3 Å². The minimum Gasteiger partial charge on any atom is -0.341 e. The van der Waals surface area contributed by atoms with E-state index in [0.717, 1.165) is 16.8 Å². The maximum absolute atomic E-state index is 11.1. The van der Waals surface area contributed by atoms with Crippen LogP contribution in [0.25, 0.3) is 12.2 Å². The average molecular weight is 202 g/mol. The second-order valence-corrected chi connectivity index (χ2v) is 2.96. The van der Waals surface area contributed by atoms with Crippen LogP contribution in [0, 0.1) is 0 Å². The highest BCUT2D eigenvalue weighted by Crippen LogP contribution is 2.17. The monoisotopic (exact) mass is 202 g/mol. The van der Waals surface area contributed by atoms with Gasteiger partial charge in [0.05, 0.1) is 0 Å². The summed E-state index contributed by atoms with van der Waals surface area (Å²) in [7, 11) is 1.57. The minimum atomic E-state index is -0.239. The third-order valence-corrected chi connectivity index (χ3v) is 2.01. The van der Waals surface area contributed by atoms with E-state index in [-0.39, 0.29) is 6.03 Å². The number of hydrogen-bond acceptors (Lipinski definition) is 1. The first-order chi connectivity index (χ1) is 7.21. The number of rotatable bonds is 3. The number of carbonyl (C=O) groups is 1. The molecule has 0 bridgehead atoms. The van der Waals surface area contributed by atoms with Crippen LogP contribution in [-0.2, 0) is 0 Å². The molecule has 1 aromatic rings. The van der Waals surface area contributed by atoms with Crippen molar-refractivity contribution in [2.75, 3.05) is 12.4 Å². The highest BCUT2D eigenvalue weighted by molar-refractivity contribution is 5.89.